The number of nitrogens with zero attached hydrogens (tertiary/aromatic N) is 1. The molecule has 7 heteroatoms. The summed E-state index contributed by atoms with van der Waals surface area (Å²) in [7, 11) is 0. The van der Waals surface area contributed by atoms with Crippen LogP contribution >= 0.6 is 0 Å². The summed E-state index contributed by atoms with van der Waals surface area (Å²) in [6.45, 7) is 14.0. The van der Waals surface area contributed by atoms with Crippen LogP contribution < -0.4 is 5.32 Å². The molecular formula is C24H46N2O5. The van der Waals surface area contributed by atoms with Crippen molar-refractivity contribution in [1.29, 1.82) is 0 Å². The number of ketones is 1. The number of carbonyl (C=O) groups is 3. The van der Waals surface area contributed by atoms with Gasteiger partial charge < -0.3 is 19.7 Å². The Hall–Kier alpha value is -1.47. The van der Waals surface area contributed by atoms with Crippen molar-refractivity contribution in [3.8, 4) is 0 Å². The highest BCUT2D eigenvalue weighted by Gasteiger charge is 2.28. The van der Waals surface area contributed by atoms with Gasteiger partial charge in [-0.15, -0.1) is 0 Å². The average Bonchev–Trinajstić information content (AvgIpc) is 2.71. The highest BCUT2D eigenvalue weighted by Crippen LogP contribution is 2.27. The van der Waals surface area contributed by atoms with Gasteiger partial charge in [0, 0.05) is 44.2 Å². The van der Waals surface area contributed by atoms with Gasteiger partial charge in [-0.2, -0.15) is 0 Å². The van der Waals surface area contributed by atoms with E-state index in [-0.39, 0.29) is 43.1 Å². The number of Topliss-reactive ketones (excluding diaryl/α,β-unsaturated/α-hetero) is 1. The van der Waals surface area contributed by atoms with Gasteiger partial charge >= 0.3 is 0 Å². The Morgan fingerprint density at radius 2 is 1.45 bits per heavy atom. The number of amides is 2. The molecule has 1 saturated carbocycles. The van der Waals surface area contributed by atoms with Gasteiger partial charge in [0.1, 0.15) is 5.78 Å². The molecule has 0 aromatic heterocycles. The minimum Gasteiger partial charge on any atom is -0.379 e. The fourth-order valence-electron chi connectivity index (χ4n) is 3.90. The normalized spacial score (nSPS) is 19.1. The predicted molar refractivity (Wildman–Crippen MR) is 124 cm³/mol. The van der Waals surface area contributed by atoms with E-state index in [1.165, 1.54) is 0 Å². The SMILES string of the molecule is CC(C)C(=O)C1CCC(NC(=O)CCOCCOCCN(C(=O)C(C)C)C(C)C)CC1.[HH]. The number of nitrogens with one attached hydrogen (secondary N) is 1. The van der Waals surface area contributed by atoms with Crippen molar-refractivity contribution < 1.29 is 25.3 Å². The summed E-state index contributed by atoms with van der Waals surface area (Å²) in [5, 5.41) is 3.06. The molecule has 0 aromatic rings. The molecule has 1 aliphatic carbocycles. The smallest absolute Gasteiger partial charge is 0.225 e. The van der Waals surface area contributed by atoms with Gasteiger partial charge in [0.2, 0.25) is 11.8 Å². The Labute approximate surface area is 190 Å². The topological polar surface area (TPSA) is 84.9 Å². The first kappa shape index (κ1) is 27.6. The van der Waals surface area contributed by atoms with Crippen LogP contribution in [0.1, 0.15) is 75.1 Å². The number of ether oxygens (including phenoxy) is 2. The zero-order valence-electron chi connectivity index (χ0n) is 20.4. The van der Waals surface area contributed by atoms with Gasteiger partial charge in [-0.1, -0.05) is 27.7 Å². The van der Waals surface area contributed by atoms with Gasteiger partial charge in [-0.3, -0.25) is 14.4 Å². The molecule has 31 heavy (non-hydrogen) atoms. The van der Waals surface area contributed by atoms with E-state index in [4.69, 9.17) is 9.47 Å². The average molecular weight is 443 g/mol. The summed E-state index contributed by atoms with van der Waals surface area (Å²) in [6, 6.07) is 0.323. The maximum absolute atomic E-state index is 12.2. The molecule has 2 amide bonds. The fourth-order valence-corrected chi connectivity index (χ4v) is 3.90. The molecule has 1 N–H and O–H groups in total. The molecule has 0 aliphatic heterocycles. The van der Waals surface area contributed by atoms with Crippen LogP contribution in [-0.2, 0) is 23.9 Å². The first-order valence-electron chi connectivity index (χ1n) is 11.9. The van der Waals surface area contributed by atoms with Gasteiger partial charge in [0.15, 0.2) is 0 Å². The lowest BCUT2D eigenvalue weighted by molar-refractivity contribution is -0.137. The minimum absolute atomic E-state index is 0. The van der Waals surface area contributed by atoms with Gasteiger partial charge in [-0.25, -0.2) is 0 Å². The lowest BCUT2D eigenvalue weighted by Gasteiger charge is -2.29. The first-order chi connectivity index (χ1) is 14.6. The fraction of sp³-hybridized carbons (Fsp3) is 0.875. The Morgan fingerprint density at radius 3 is 1.97 bits per heavy atom. The van der Waals surface area contributed by atoms with Crippen LogP contribution in [0, 0.1) is 17.8 Å². The van der Waals surface area contributed by atoms with Crippen LogP contribution in [0.5, 0.6) is 0 Å². The Morgan fingerprint density at radius 1 is 0.871 bits per heavy atom. The van der Waals surface area contributed by atoms with E-state index in [0.29, 0.717) is 45.2 Å². The summed E-state index contributed by atoms with van der Waals surface area (Å²) in [5.74, 6) is 0.722. The second kappa shape index (κ2) is 14.6. The summed E-state index contributed by atoms with van der Waals surface area (Å²) >= 11 is 0. The quantitative estimate of drug-likeness (QED) is 0.417. The van der Waals surface area contributed by atoms with Crippen molar-refractivity contribution in [2.24, 2.45) is 17.8 Å². The van der Waals surface area contributed by atoms with E-state index in [1.54, 1.807) is 0 Å². The maximum atomic E-state index is 12.2. The Bertz CT molecular complexity index is 561. The molecule has 0 radical (unpaired) electrons. The Kier molecular flexibility index (Phi) is 13.0. The molecule has 0 bridgehead atoms. The van der Waals surface area contributed by atoms with Gasteiger partial charge in [-0.05, 0) is 39.5 Å². The van der Waals surface area contributed by atoms with Gasteiger partial charge in [0.05, 0.1) is 26.4 Å². The molecule has 0 atom stereocenters. The van der Waals surface area contributed by atoms with Gasteiger partial charge in [0.25, 0.3) is 0 Å². The third-order valence-electron chi connectivity index (χ3n) is 5.79. The van der Waals surface area contributed by atoms with Crippen molar-refractivity contribution in [3.05, 3.63) is 0 Å². The van der Waals surface area contributed by atoms with E-state index >= 15 is 0 Å². The Balaban J connectivity index is 0.00000961. The second-order valence-corrected chi connectivity index (χ2v) is 9.43. The number of rotatable bonds is 14. The zero-order valence-corrected chi connectivity index (χ0v) is 20.4. The number of carbonyl (C=O) groups excluding carboxylic acids is 3. The van der Waals surface area contributed by atoms with Crippen molar-refractivity contribution >= 4 is 17.6 Å². The highest BCUT2D eigenvalue weighted by atomic mass is 16.5. The molecule has 0 aromatic carbocycles. The molecule has 0 heterocycles. The first-order valence-corrected chi connectivity index (χ1v) is 11.9. The summed E-state index contributed by atoms with van der Waals surface area (Å²) in [4.78, 5) is 38.2. The molecule has 0 spiro atoms. The van der Waals surface area contributed by atoms with Crippen LogP contribution in [0.15, 0.2) is 0 Å². The van der Waals surface area contributed by atoms with E-state index in [2.05, 4.69) is 5.32 Å². The van der Waals surface area contributed by atoms with Crippen LogP contribution in [0.4, 0.5) is 0 Å². The molecule has 7 nitrogen and oxygen atoms in total. The van der Waals surface area contributed by atoms with E-state index in [9.17, 15) is 14.4 Å². The summed E-state index contributed by atoms with van der Waals surface area (Å²) in [5.41, 5.74) is 0. The molecule has 1 rings (SSSR count). The van der Waals surface area contributed by atoms with Crippen LogP contribution in [0.2, 0.25) is 0 Å². The van der Waals surface area contributed by atoms with E-state index in [1.807, 2.05) is 46.4 Å². The second-order valence-electron chi connectivity index (χ2n) is 9.43. The number of hydrogen-bond donors (Lipinski definition) is 1. The lowest BCUT2D eigenvalue weighted by Crippen LogP contribution is -2.41. The van der Waals surface area contributed by atoms with E-state index < -0.39 is 0 Å². The van der Waals surface area contributed by atoms with Crippen LogP contribution in [0.3, 0.4) is 0 Å². The zero-order chi connectivity index (χ0) is 23.4. The number of hydrogen-bond acceptors (Lipinski definition) is 5. The molecule has 0 unspecified atom stereocenters. The highest BCUT2D eigenvalue weighted by molar-refractivity contribution is 5.83. The molecule has 182 valence electrons. The summed E-state index contributed by atoms with van der Waals surface area (Å²) in [6.07, 6.45) is 3.81. The molecule has 0 saturated heterocycles. The largest absolute Gasteiger partial charge is 0.379 e. The third-order valence-corrected chi connectivity index (χ3v) is 5.79. The monoisotopic (exact) mass is 442 g/mol. The maximum Gasteiger partial charge on any atom is 0.225 e. The van der Waals surface area contributed by atoms with Crippen LogP contribution in [0.25, 0.3) is 0 Å². The molecule has 1 fully saturated rings. The summed E-state index contributed by atoms with van der Waals surface area (Å²) < 4.78 is 11.1. The third kappa shape index (κ3) is 10.6. The van der Waals surface area contributed by atoms with Crippen molar-refractivity contribution in [2.75, 3.05) is 33.0 Å². The minimum atomic E-state index is -0.0190. The van der Waals surface area contributed by atoms with Crippen molar-refractivity contribution in [3.63, 3.8) is 0 Å². The van der Waals surface area contributed by atoms with Crippen molar-refractivity contribution in [1.82, 2.24) is 10.2 Å². The molecule has 1 aliphatic rings. The van der Waals surface area contributed by atoms with E-state index in [0.717, 1.165) is 25.7 Å². The van der Waals surface area contributed by atoms with Crippen molar-refractivity contribution in [2.45, 2.75) is 85.7 Å². The van der Waals surface area contributed by atoms with Crippen LogP contribution in [-0.4, -0.2) is 67.6 Å². The lowest BCUT2D eigenvalue weighted by atomic mass is 9.80. The predicted octanol–water partition coefficient (Wildman–Crippen LogP) is 3.45. The molecular weight excluding hydrogens is 396 g/mol. The standard InChI is InChI=1S/C24H44N2O5.H2/c1-17(2)23(28)20-7-9-21(10-8-20)25-22(27)11-13-30-15-16-31-14-12-26(19(5)6)24(29)18(3)4;/h17-21H,7-16H2,1-6H3,(H,25,27);1H.